The van der Waals surface area contributed by atoms with Crippen molar-refractivity contribution in [1.29, 1.82) is 5.26 Å². The minimum absolute atomic E-state index is 0.625. The van der Waals surface area contributed by atoms with E-state index in [1.54, 1.807) is 0 Å². The topological polar surface area (TPSA) is 73.5 Å². The Hall–Kier alpha value is -1.11. The number of nitriles is 1. The van der Waals surface area contributed by atoms with Crippen LogP contribution in [0, 0.1) is 16.2 Å². The molecule has 7 heavy (non-hydrogen) atoms. The van der Waals surface area contributed by atoms with Crippen LogP contribution in [-0.4, -0.2) is 5.21 Å². The number of hydrogen-bond acceptors (Lipinski definition) is 3. The van der Waals surface area contributed by atoms with Crippen molar-refractivity contribution in [2.75, 3.05) is 0 Å². The molecule has 0 aliphatic heterocycles. The predicted molar refractivity (Wildman–Crippen MR) is 23.5 cm³/mol. The molecule has 0 aromatic heterocycles. The summed E-state index contributed by atoms with van der Waals surface area (Å²) in [5.74, 6) is 0. The van der Waals surface area contributed by atoms with Crippen molar-refractivity contribution in [3.05, 3.63) is 4.91 Å². The van der Waals surface area contributed by atoms with Gasteiger partial charge in [0.25, 0.3) is 0 Å². The maximum absolute atomic E-state index is 8.11. The van der Waals surface area contributed by atoms with E-state index in [1.807, 2.05) is 13.0 Å². The minimum atomic E-state index is 0.625. The maximum atomic E-state index is 8.11. The zero-order valence-electron chi connectivity index (χ0n) is 3.96. The van der Waals surface area contributed by atoms with Crippen LogP contribution in [0.2, 0.25) is 0 Å². The fraction of sp³-hybridized carbons (Fsp3) is 0.667. The Morgan fingerprint density at radius 2 is 2.14 bits per heavy atom. The van der Waals surface area contributed by atoms with Crippen molar-refractivity contribution < 1.29 is 5.21 Å². The molecule has 0 heterocycles. The first-order valence-corrected chi connectivity index (χ1v) is 1.67. The second-order valence-corrected chi connectivity index (χ2v) is 0.593. The summed E-state index contributed by atoms with van der Waals surface area (Å²) in [4.78, 5) is 8.11. The molecule has 0 bridgehead atoms. The van der Waals surface area contributed by atoms with Gasteiger partial charge in [-0.25, -0.2) is 0 Å². The summed E-state index contributed by atoms with van der Waals surface area (Å²) < 4.78 is 0. The summed E-state index contributed by atoms with van der Waals surface area (Å²) in [5.41, 5.74) is 0. The van der Waals surface area contributed by atoms with Crippen LogP contribution in [0.5, 0.6) is 0 Å². The maximum Gasteiger partial charge on any atom is 0.152 e. The lowest BCUT2D eigenvalue weighted by molar-refractivity contribution is 0.312. The Bertz CT molecular complexity index is 65.8. The highest BCUT2D eigenvalue weighted by Gasteiger charge is 1.49. The molecule has 40 valence electrons. The third kappa shape index (κ3) is 3380. The van der Waals surface area contributed by atoms with E-state index in [4.69, 9.17) is 15.4 Å². The molecule has 0 fully saturated rings. The van der Waals surface area contributed by atoms with Crippen LogP contribution < -0.4 is 0 Å². The van der Waals surface area contributed by atoms with E-state index >= 15 is 0 Å². The van der Waals surface area contributed by atoms with Gasteiger partial charge < -0.3 is 5.21 Å². The second-order valence-electron chi connectivity index (χ2n) is 0.593. The first-order chi connectivity index (χ1) is 3.33. The molecular weight excluding hydrogens is 96.0 g/mol. The number of nitrogens with zero attached hydrogens (tertiary/aromatic N) is 2. The lowest BCUT2D eigenvalue weighted by atomic mass is 10.6. The van der Waals surface area contributed by atoms with Crippen molar-refractivity contribution in [1.82, 2.24) is 0 Å². The Labute approximate surface area is 41.3 Å². The van der Waals surface area contributed by atoms with Crippen molar-refractivity contribution in [3.8, 4) is 6.07 Å². The van der Waals surface area contributed by atoms with Gasteiger partial charge in [-0.15, -0.1) is 4.91 Å². The van der Waals surface area contributed by atoms with Gasteiger partial charge in [-0.2, -0.15) is 5.26 Å². The SMILES string of the molecule is CCC#N.O=NO. The molecule has 0 saturated heterocycles. The first kappa shape index (κ1) is 9.31. The fourth-order valence-electron chi connectivity index (χ4n) is 0. The predicted octanol–water partition coefficient (Wildman–Crippen LogP) is 1.06. The average molecular weight is 102 g/mol. The molecular formula is C3H6N2O2. The summed E-state index contributed by atoms with van der Waals surface area (Å²) >= 11 is 0. The zero-order chi connectivity index (χ0) is 6.12. The van der Waals surface area contributed by atoms with Crippen LogP contribution in [0.3, 0.4) is 0 Å². The van der Waals surface area contributed by atoms with Gasteiger partial charge in [0.05, 0.1) is 6.07 Å². The van der Waals surface area contributed by atoms with Gasteiger partial charge in [-0.1, -0.05) is 6.92 Å². The number of rotatable bonds is 0. The van der Waals surface area contributed by atoms with Crippen molar-refractivity contribution in [3.63, 3.8) is 0 Å². The lowest BCUT2D eigenvalue weighted by Gasteiger charge is -1.47. The van der Waals surface area contributed by atoms with Gasteiger partial charge in [-0.05, 0) is 0 Å². The fourth-order valence-corrected chi connectivity index (χ4v) is 0. The molecule has 0 aliphatic carbocycles. The van der Waals surface area contributed by atoms with E-state index in [2.05, 4.69) is 0 Å². The normalized spacial score (nSPS) is 4.57. The Kier molecular flexibility index (Phi) is 27.5. The molecule has 0 unspecified atom stereocenters. The van der Waals surface area contributed by atoms with Crippen LogP contribution in [0.4, 0.5) is 0 Å². The first-order valence-electron chi connectivity index (χ1n) is 1.67. The van der Waals surface area contributed by atoms with Crippen LogP contribution in [0.15, 0.2) is 5.34 Å². The molecule has 0 rings (SSSR count). The van der Waals surface area contributed by atoms with Crippen molar-refractivity contribution in [2.45, 2.75) is 13.3 Å². The monoisotopic (exact) mass is 102 g/mol. The molecule has 0 atom stereocenters. The van der Waals surface area contributed by atoms with Crippen LogP contribution in [-0.2, 0) is 0 Å². The quantitative estimate of drug-likeness (QED) is 0.367. The summed E-state index contributed by atoms with van der Waals surface area (Å²) in [5, 5.41) is 15.5. The van der Waals surface area contributed by atoms with Gasteiger partial charge in [0.2, 0.25) is 0 Å². The van der Waals surface area contributed by atoms with E-state index in [9.17, 15) is 0 Å². The molecule has 1 N–H and O–H groups in total. The summed E-state index contributed by atoms with van der Waals surface area (Å²) in [6, 6.07) is 1.93. The third-order valence-electron chi connectivity index (χ3n) is 0.158. The average Bonchev–Trinajstić information content (AvgIpc) is 1.69. The van der Waals surface area contributed by atoms with Crippen molar-refractivity contribution >= 4 is 0 Å². The van der Waals surface area contributed by atoms with Crippen molar-refractivity contribution in [2.24, 2.45) is 5.34 Å². The highest BCUT2D eigenvalue weighted by molar-refractivity contribution is 4.61. The van der Waals surface area contributed by atoms with E-state index in [0.29, 0.717) is 6.42 Å². The van der Waals surface area contributed by atoms with Gasteiger partial charge in [0, 0.05) is 6.42 Å². The number of hydrogen-bond donors (Lipinski definition) is 1. The molecule has 0 aliphatic rings. The van der Waals surface area contributed by atoms with E-state index < -0.39 is 0 Å². The van der Waals surface area contributed by atoms with Crippen LogP contribution in [0.25, 0.3) is 0 Å². The van der Waals surface area contributed by atoms with Gasteiger partial charge in [-0.3, -0.25) is 0 Å². The molecule has 4 heteroatoms. The van der Waals surface area contributed by atoms with Gasteiger partial charge in [0.1, 0.15) is 0 Å². The van der Waals surface area contributed by atoms with E-state index in [0.717, 1.165) is 0 Å². The van der Waals surface area contributed by atoms with E-state index in [1.165, 1.54) is 5.34 Å². The molecule has 0 aromatic rings. The van der Waals surface area contributed by atoms with Crippen LogP contribution in [0.1, 0.15) is 13.3 Å². The molecule has 0 radical (unpaired) electrons. The largest absolute Gasteiger partial charge is 0.379 e. The zero-order valence-corrected chi connectivity index (χ0v) is 3.96. The highest BCUT2D eigenvalue weighted by Crippen LogP contribution is 1.58. The van der Waals surface area contributed by atoms with E-state index in [-0.39, 0.29) is 0 Å². The molecule has 0 saturated carbocycles. The van der Waals surface area contributed by atoms with Crippen LogP contribution >= 0.6 is 0 Å². The van der Waals surface area contributed by atoms with Gasteiger partial charge in [0.15, 0.2) is 5.34 Å². The minimum Gasteiger partial charge on any atom is -0.379 e. The Balaban J connectivity index is 0. The smallest absolute Gasteiger partial charge is 0.152 e. The third-order valence-corrected chi connectivity index (χ3v) is 0.158. The Morgan fingerprint density at radius 3 is 2.14 bits per heavy atom. The Morgan fingerprint density at radius 1 is 2.00 bits per heavy atom. The highest BCUT2D eigenvalue weighted by atomic mass is 16.6. The standard InChI is InChI=1S/C3H5N.HNO2/c1-2-3-4;2-1-3/h2H2,1H3;(H,2,3). The molecule has 0 amide bonds. The summed E-state index contributed by atoms with van der Waals surface area (Å²) in [7, 11) is 0. The molecule has 0 aromatic carbocycles. The van der Waals surface area contributed by atoms with Gasteiger partial charge >= 0.3 is 0 Å². The molecule has 4 nitrogen and oxygen atoms in total. The lowest BCUT2D eigenvalue weighted by Crippen LogP contribution is -1.38. The summed E-state index contributed by atoms with van der Waals surface area (Å²) in [6.45, 7) is 1.82. The molecule has 0 spiro atoms. The second kappa shape index (κ2) is 20.7. The summed E-state index contributed by atoms with van der Waals surface area (Å²) in [6.07, 6.45) is 0.625.